The summed E-state index contributed by atoms with van der Waals surface area (Å²) in [4.78, 5) is 15.3. The van der Waals surface area contributed by atoms with E-state index >= 15 is 0 Å². The van der Waals surface area contributed by atoms with Crippen LogP contribution in [0.25, 0.3) is 11.1 Å². The molecule has 0 unspecified atom stereocenters. The van der Waals surface area contributed by atoms with Gasteiger partial charge in [-0.3, -0.25) is 9.67 Å². The first-order valence-corrected chi connectivity index (χ1v) is 6.68. The number of hydrogen-bond acceptors (Lipinski definition) is 4. The van der Waals surface area contributed by atoms with Gasteiger partial charge in [0.1, 0.15) is 0 Å². The Labute approximate surface area is 127 Å². The van der Waals surface area contributed by atoms with Crippen LogP contribution in [0.3, 0.4) is 0 Å². The molecule has 0 radical (unpaired) electrons. The summed E-state index contributed by atoms with van der Waals surface area (Å²) in [5, 5.41) is 16.7. The minimum absolute atomic E-state index is 0.152. The molecule has 110 valence electrons. The molecule has 0 aliphatic rings. The minimum Gasteiger partial charge on any atom is -0.478 e. The van der Waals surface area contributed by atoms with Crippen molar-refractivity contribution in [3.05, 3.63) is 60.6 Å². The molecule has 0 atom stereocenters. The molecule has 0 bridgehead atoms. The zero-order chi connectivity index (χ0) is 15.5. The number of aromatic nitrogens is 3. The Morgan fingerprint density at radius 3 is 2.73 bits per heavy atom. The van der Waals surface area contributed by atoms with Crippen LogP contribution in [0.2, 0.25) is 0 Å². The normalized spacial score (nSPS) is 10.4. The van der Waals surface area contributed by atoms with Gasteiger partial charge in [-0.05, 0) is 11.6 Å². The molecule has 0 spiro atoms. The van der Waals surface area contributed by atoms with E-state index in [0.717, 1.165) is 11.1 Å². The second-order valence-corrected chi connectivity index (χ2v) is 4.78. The first-order valence-electron chi connectivity index (χ1n) is 6.68. The summed E-state index contributed by atoms with van der Waals surface area (Å²) in [5.74, 6) is -0.425. The van der Waals surface area contributed by atoms with Crippen LogP contribution in [0.1, 0.15) is 10.4 Å². The minimum atomic E-state index is -1.01. The Kier molecular flexibility index (Phi) is 3.57. The van der Waals surface area contributed by atoms with Crippen molar-refractivity contribution in [3.8, 4) is 11.1 Å². The molecule has 0 fully saturated rings. The highest BCUT2D eigenvalue weighted by Gasteiger charge is 2.14. The molecule has 2 N–H and O–H groups in total. The number of carboxylic acids is 1. The zero-order valence-corrected chi connectivity index (χ0v) is 11.9. The van der Waals surface area contributed by atoms with Crippen LogP contribution in [0.5, 0.6) is 0 Å². The molecular weight excluding hydrogens is 280 g/mol. The van der Waals surface area contributed by atoms with E-state index in [1.807, 2.05) is 43.6 Å². The summed E-state index contributed by atoms with van der Waals surface area (Å²) >= 11 is 0. The molecule has 3 rings (SSSR count). The van der Waals surface area contributed by atoms with Crippen LogP contribution in [0.15, 0.2) is 55.0 Å². The third-order valence-corrected chi connectivity index (χ3v) is 3.22. The van der Waals surface area contributed by atoms with Crippen LogP contribution < -0.4 is 5.32 Å². The molecule has 3 aromatic rings. The number of aryl methyl sites for hydroxylation is 1. The van der Waals surface area contributed by atoms with E-state index in [0.29, 0.717) is 11.5 Å². The van der Waals surface area contributed by atoms with Crippen molar-refractivity contribution in [2.24, 2.45) is 7.05 Å². The lowest BCUT2D eigenvalue weighted by atomic mass is 10.1. The molecular formula is C16H14N4O2. The average molecular weight is 294 g/mol. The highest BCUT2D eigenvalue weighted by Crippen LogP contribution is 2.29. The quantitative estimate of drug-likeness (QED) is 0.773. The van der Waals surface area contributed by atoms with Gasteiger partial charge in [0, 0.05) is 25.0 Å². The topological polar surface area (TPSA) is 80.0 Å². The van der Waals surface area contributed by atoms with Crippen LogP contribution in [-0.2, 0) is 7.05 Å². The molecule has 0 saturated carbocycles. The van der Waals surface area contributed by atoms with Gasteiger partial charge in [-0.1, -0.05) is 30.3 Å². The lowest BCUT2D eigenvalue weighted by Gasteiger charge is -2.08. The number of pyridine rings is 1. The summed E-state index contributed by atoms with van der Waals surface area (Å²) in [7, 11) is 1.82. The molecule has 2 heterocycles. The molecule has 6 nitrogen and oxygen atoms in total. The van der Waals surface area contributed by atoms with E-state index in [2.05, 4.69) is 15.4 Å². The van der Waals surface area contributed by atoms with E-state index in [-0.39, 0.29) is 5.56 Å². The second kappa shape index (κ2) is 5.69. The average Bonchev–Trinajstić information content (AvgIpc) is 2.89. The third-order valence-electron chi connectivity index (χ3n) is 3.22. The molecule has 0 aliphatic carbocycles. The van der Waals surface area contributed by atoms with E-state index in [4.69, 9.17) is 0 Å². The van der Waals surface area contributed by atoms with Crippen LogP contribution >= 0.6 is 0 Å². The largest absolute Gasteiger partial charge is 0.478 e. The van der Waals surface area contributed by atoms with E-state index in [1.54, 1.807) is 4.68 Å². The number of aromatic carboxylic acids is 1. The van der Waals surface area contributed by atoms with Gasteiger partial charge in [-0.15, -0.1) is 0 Å². The van der Waals surface area contributed by atoms with Gasteiger partial charge in [-0.2, -0.15) is 5.10 Å². The van der Waals surface area contributed by atoms with E-state index < -0.39 is 5.97 Å². The fraction of sp³-hybridized carbons (Fsp3) is 0.0625. The van der Waals surface area contributed by atoms with Gasteiger partial charge in [0.2, 0.25) is 0 Å². The van der Waals surface area contributed by atoms with Crippen molar-refractivity contribution in [1.29, 1.82) is 0 Å². The molecule has 22 heavy (non-hydrogen) atoms. The van der Waals surface area contributed by atoms with Crippen molar-refractivity contribution < 1.29 is 9.90 Å². The summed E-state index contributed by atoms with van der Waals surface area (Å²) < 4.78 is 1.68. The van der Waals surface area contributed by atoms with Crippen LogP contribution in [0, 0.1) is 0 Å². The number of carbonyl (C=O) groups is 1. The van der Waals surface area contributed by atoms with Gasteiger partial charge in [0.05, 0.1) is 17.4 Å². The van der Waals surface area contributed by atoms with Gasteiger partial charge in [0.25, 0.3) is 0 Å². The summed E-state index contributed by atoms with van der Waals surface area (Å²) in [6, 6.07) is 11.2. The Hall–Kier alpha value is -3.15. The Balaban J connectivity index is 2.03. The van der Waals surface area contributed by atoms with E-state index in [1.165, 1.54) is 18.5 Å². The van der Waals surface area contributed by atoms with Gasteiger partial charge < -0.3 is 10.4 Å². The van der Waals surface area contributed by atoms with Crippen molar-refractivity contribution in [3.63, 3.8) is 0 Å². The van der Waals surface area contributed by atoms with Crippen molar-refractivity contribution in [2.45, 2.75) is 0 Å². The van der Waals surface area contributed by atoms with Gasteiger partial charge in [-0.25, -0.2) is 4.79 Å². The number of carboxylic acid groups (broad SMARTS) is 1. The number of hydrogen-bond donors (Lipinski definition) is 2. The standard InChI is InChI=1S/C16H14N4O2/c1-20-10-13(11-5-3-2-4-6-11)15(19-20)18-14-9-17-8-7-12(14)16(21)22/h2-10H,1H3,(H,18,19)(H,21,22). The summed E-state index contributed by atoms with van der Waals surface area (Å²) in [6.07, 6.45) is 4.81. The molecule has 0 saturated heterocycles. The maximum Gasteiger partial charge on any atom is 0.337 e. The van der Waals surface area contributed by atoms with Crippen molar-refractivity contribution >= 4 is 17.5 Å². The zero-order valence-electron chi connectivity index (χ0n) is 11.9. The fourth-order valence-electron chi connectivity index (χ4n) is 2.22. The predicted octanol–water partition coefficient (Wildman–Crippen LogP) is 2.92. The summed E-state index contributed by atoms with van der Waals surface area (Å²) in [6.45, 7) is 0. The maximum absolute atomic E-state index is 11.3. The Bertz CT molecular complexity index is 812. The van der Waals surface area contributed by atoms with Crippen molar-refractivity contribution in [1.82, 2.24) is 14.8 Å². The van der Waals surface area contributed by atoms with Crippen LogP contribution in [0.4, 0.5) is 11.5 Å². The molecule has 0 aliphatic heterocycles. The first-order chi connectivity index (χ1) is 10.6. The number of nitrogens with zero attached hydrogens (tertiary/aromatic N) is 3. The van der Waals surface area contributed by atoms with Crippen molar-refractivity contribution in [2.75, 3.05) is 5.32 Å². The smallest absolute Gasteiger partial charge is 0.337 e. The molecule has 0 amide bonds. The second-order valence-electron chi connectivity index (χ2n) is 4.78. The van der Waals surface area contributed by atoms with Crippen LogP contribution in [-0.4, -0.2) is 25.8 Å². The first kappa shape index (κ1) is 13.8. The fourth-order valence-corrected chi connectivity index (χ4v) is 2.22. The predicted molar refractivity (Wildman–Crippen MR) is 83.1 cm³/mol. The number of anilines is 2. The lowest BCUT2D eigenvalue weighted by molar-refractivity contribution is 0.0698. The maximum atomic E-state index is 11.3. The number of rotatable bonds is 4. The van der Waals surface area contributed by atoms with Gasteiger partial charge in [0.15, 0.2) is 5.82 Å². The SMILES string of the molecule is Cn1cc(-c2ccccc2)c(Nc2cnccc2C(=O)O)n1. The highest BCUT2D eigenvalue weighted by molar-refractivity contribution is 5.95. The third kappa shape index (κ3) is 2.67. The Morgan fingerprint density at radius 1 is 1.23 bits per heavy atom. The Morgan fingerprint density at radius 2 is 2.00 bits per heavy atom. The molecule has 2 aromatic heterocycles. The monoisotopic (exact) mass is 294 g/mol. The van der Waals surface area contributed by atoms with Gasteiger partial charge >= 0.3 is 5.97 Å². The highest BCUT2D eigenvalue weighted by atomic mass is 16.4. The lowest BCUT2D eigenvalue weighted by Crippen LogP contribution is -2.04. The van der Waals surface area contributed by atoms with E-state index in [9.17, 15) is 9.90 Å². The molecule has 1 aromatic carbocycles. The summed E-state index contributed by atoms with van der Waals surface area (Å²) in [5.41, 5.74) is 2.45. The number of nitrogens with one attached hydrogen (secondary N) is 1. The molecule has 6 heteroatoms. The number of benzene rings is 1.